The zero-order valence-corrected chi connectivity index (χ0v) is 13.1. The van der Waals surface area contributed by atoms with Crippen LogP contribution in [0.4, 0.5) is 0 Å². The van der Waals surface area contributed by atoms with Crippen molar-refractivity contribution in [2.75, 3.05) is 0 Å². The number of carbonyl (C=O) groups excluding carboxylic acids is 1. The third-order valence-electron chi connectivity index (χ3n) is 3.52. The molecular weight excluding hydrogens is 292 g/mol. The lowest BCUT2D eigenvalue weighted by molar-refractivity contribution is -0.153. The lowest BCUT2D eigenvalue weighted by Gasteiger charge is -2.30. The number of benzene rings is 1. The summed E-state index contributed by atoms with van der Waals surface area (Å²) in [5.41, 5.74) is 0.976. The molecule has 0 N–H and O–H groups in total. The molecule has 6 heteroatoms. The molecule has 1 aromatic carbocycles. The van der Waals surface area contributed by atoms with E-state index in [4.69, 9.17) is 8.92 Å². The first-order valence-corrected chi connectivity index (χ1v) is 8.46. The molecule has 0 spiro atoms. The van der Waals surface area contributed by atoms with Gasteiger partial charge in [0.25, 0.3) is 10.1 Å². The first-order chi connectivity index (χ1) is 9.88. The van der Waals surface area contributed by atoms with Gasteiger partial charge in [-0.15, -0.1) is 0 Å². The van der Waals surface area contributed by atoms with Crippen LogP contribution in [0.2, 0.25) is 0 Å². The maximum Gasteiger partial charge on any atom is 0.302 e. The quantitative estimate of drug-likeness (QED) is 0.631. The minimum absolute atomic E-state index is 0.125. The molecule has 1 fully saturated rings. The Morgan fingerprint density at radius 3 is 2.24 bits per heavy atom. The Bertz CT molecular complexity index is 591. The fraction of sp³-hybridized carbons (Fsp3) is 0.533. The fourth-order valence-electron chi connectivity index (χ4n) is 2.44. The smallest absolute Gasteiger partial charge is 0.302 e. The van der Waals surface area contributed by atoms with Crippen LogP contribution in [-0.4, -0.2) is 26.6 Å². The second kappa shape index (κ2) is 6.58. The summed E-state index contributed by atoms with van der Waals surface area (Å²) in [5.74, 6) is -0.414. The maximum absolute atomic E-state index is 12.3. The highest BCUT2D eigenvalue weighted by Gasteiger charge is 2.33. The van der Waals surface area contributed by atoms with Gasteiger partial charge < -0.3 is 4.74 Å². The van der Waals surface area contributed by atoms with Gasteiger partial charge in [-0.05, 0) is 38.3 Å². The maximum atomic E-state index is 12.3. The summed E-state index contributed by atoms with van der Waals surface area (Å²) in [6, 6.07) is 6.49. The van der Waals surface area contributed by atoms with Gasteiger partial charge in [-0.1, -0.05) is 24.1 Å². The van der Waals surface area contributed by atoms with Crippen molar-refractivity contribution in [2.24, 2.45) is 0 Å². The monoisotopic (exact) mass is 312 g/mol. The van der Waals surface area contributed by atoms with Gasteiger partial charge in [0.2, 0.25) is 0 Å². The van der Waals surface area contributed by atoms with E-state index in [1.165, 1.54) is 19.1 Å². The van der Waals surface area contributed by atoms with Gasteiger partial charge in [-0.25, -0.2) is 0 Å². The third-order valence-corrected chi connectivity index (χ3v) is 4.87. The van der Waals surface area contributed by atoms with E-state index in [-0.39, 0.29) is 4.90 Å². The van der Waals surface area contributed by atoms with Crippen molar-refractivity contribution in [3.8, 4) is 0 Å². The molecule has 0 bridgehead atoms. The summed E-state index contributed by atoms with van der Waals surface area (Å²) in [4.78, 5) is 11.2. The molecule has 116 valence electrons. The Labute approximate surface area is 125 Å². The van der Waals surface area contributed by atoms with E-state index in [0.717, 1.165) is 18.4 Å². The summed E-state index contributed by atoms with van der Waals surface area (Å²) in [7, 11) is -3.84. The molecule has 21 heavy (non-hydrogen) atoms. The van der Waals surface area contributed by atoms with E-state index < -0.39 is 28.3 Å². The van der Waals surface area contributed by atoms with Crippen molar-refractivity contribution in [2.45, 2.75) is 56.6 Å². The standard InChI is InChI=1S/C15H20O5S/c1-11-7-9-13(10-8-11)21(17,18)20-15-6-4-3-5-14(15)19-12(2)16/h7-10,14-15H,3-6H2,1-2H3. The molecule has 0 radical (unpaired) electrons. The van der Waals surface area contributed by atoms with Gasteiger partial charge in [0, 0.05) is 6.92 Å². The summed E-state index contributed by atoms with van der Waals surface area (Å²) in [6.07, 6.45) is 1.88. The molecule has 2 rings (SSSR count). The van der Waals surface area contributed by atoms with Gasteiger partial charge in [0.1, 0.15) is 12.2 Å². The van der Waals surface area contributed by atoms with Crippen molar-refractivity contribution in [3.05, 3.63) is 29.8 Å². The minimum Gasteiger partial charge on any atom is -0.460 e. The molecule has 0 aromatic heterocycles. The van der Waals surface area contributed by atoms with E-state index in [0.29, 0.717) is 12.8 Å². The number of aryl methyl sites for hydroxylation is 1. The molecular formula is C15H20O5S. The zero-order chi connectivity index (χ0) is 15.5. The number of carbonyl (C=O) groups is 1. The third kappa shape index (κ3) is 4.28. The second-order valence-electron chi connectivity index (χ2n) is 5.33. The van der Waals surface area contributed by atoms with Crippen LogP contribution in [-0.2, 0) is 23.8 Å². The Balaban J connectivity index is 2.13. The van der Waals surface area contributed by atoms with E-state index in [1.54, 1.807) is 12.1 Å². The van der Waals surface area contributed by atoms with Crippen molar-refractivity contribution in [1.82, 2.24) is 0 Å². The first kappa shape index (κ1) is 16.0. The van der Waals surface area contributed by atoms with Crippen molar-refractivity contribution >= 4 is 16.1 Å². The summed E-state index contributed by atoms with van der Waals surface area (Å²) in [6.45, 7) is 3.20. The van der Waals surface area contributed by atoms with Crippen LogP contribution < -0.4 is 0 Å². The first-order valence-electron chi connectivity index (χ1n) is 7.05. The molecule has 2 unspecified atom stereocenters. The van der Waals surface area contributed by atoms with Crippen LogP contribution in [0, 0.1) is 6.92 Å². The van der Waals surface area contributed by atoms with Crippen molar-refractivity contribution in [1.29, 1.82) is 0 Å². The average molecular weight is 312 g/mol. The SMILES string of the molecule is CC(=O)OC1CCCCC1OS(=O)(=O)c1ccc(C)cc1. The van der Waals surface area contributed by atoms with Gasteiger partial charge in [-0.3, -0.25) is 8.98 Å². The van der Waals surface area contributed by atoms with Crippen molar-refractivity contribution < 1.29 is 22.1 Å². The van der Waals surface area contributed by atoms with Gasteiger partial charge >= 0.3 is 5.97 Å². The van der Waals surface area contributed by atoms with Crippen LogP contribution in [0.1, 0.15) is 38.2 Å². The van der Waals surface area contributed by atoms with Gasteiger partial charge in [-0.2, -0.15) is 8.42 Å². The number of ether oxygens (including phenoxy) is 1. The molecule has 0 amide bonds. The van der Waals surface area contributed by atoms with E-state index in [9.17, 15) is 13.2 Å². The molecule has 1 saturated carbocycles. The minimum atomic E-state index is -3.84. The predicted octanol–water partition coefficient (Wildman–Crippen LogP) is 2.57. The largest absolute Gasteiger partial charge is 0.460 e. The lowest BCUT2D eigenvalue weighted by Crippen LogP contribution is -2.37. The second-order valence-corrected chi connectivity index (χ2v) is 6.91. The highest BCUT2D eigenvalue weighted by Crippen LogP contribution is 2.27. The Hall–Kier alpha value is -1.40. The van der Waals surface area contributed by atoms with Gasteiger partial charge in [0.15, 0.2) is 0 Å². The highest BCUT2D eigenvalue weighted by atomic mass is 32.2. The normalized spacial score (nSPS) is 22.8. The Kier molecular flexibility index (Phi) is 5.00. The van der Waals surface area contributed by atoms with Gasteiger partial charge in [0.05, 0.1) is 4.90 Å². The molecule has 1 aliphatic carbocycles. The number of rotatable bonds is 4. The summed E-state index contributed by atoms with van der Waals surface area (Å²) < 4.78 is 35.1. The zero-order valence-electron chi connectivity index (χ0n) is 12.2. The lowest BCUT2D eigenvalue weighted by atomic mass is 9.95. The topological polar surface area (TPSA) is 69.7 Å². The van der Waals surface area contributed by atoms with Crippen LogP contribution in [0.3, 0.4) is 0 Å². The number of hydrogen-bond acceptors (Lipinski definition) is 5. The van der Waals surface area contributed by atoms with E-state index >= 15 is 0 Å². The predicted molar refractivity (Wildman–Crippen MR) is 77.3 cm³/mol. The Morgan fingerprint density at radius 1 is 1.10 bits per heavy atom. The molecule has 1 aliphatic rings. The summed E-state index contributed by atoms with van der Waals surface area (Å²) in [5, 5.41) is 0. The molecule has 5 nitrogen and oxygen atoms in total. The van der Waals surface area contributed by atoms with E-state index in [1.807, 2.05) is 6.92 Å². The van der Waals surface area contributed by atoms with Crippen molar-refractivity contribution in [3.63, 3.8) is 0 Å². The van der Waals surface area contributed by atoms with Crippen LogP contribution in [0.25, 0.3) is 0 Å². The fourth-order valence-corrected chi connectivity index (χ4v) is 3.57. The molecule has 0 heterocycles. The molecule has 0 saturated heterocycles. The average Bonchev–Trinajstić information content (AvgIpc) is 2.40. The Morgan fingerprint density at radius 2 is 1.67 bits per heavy atom. The highest BCUT2D eigenvalue weighted by molar-refractivity contribution is 7.86. The van der Waals surface area contributed by atoms with E-state index in [2.05, 4.69) is 0 Å². The number of hydrogen-bond donors (Lipinski definition) is 0. The molecule has 0 aliphatic heterocycles. The summed E-state index contributed by atoms with van der Waals surface area (Å²) >= 11 is 0. The van der Waals surface area contributed by atoms with Crippen LogP contribution >= 0.6 is 0 Å². The van der Waals surface area contributed by atoms with Crippen LogP contribution in [0.5, 0.6) is 0 Å². The number of esters is 1. The molecule has 2 atom stereocenters. The van der Waals surface area contributed by atoms with Crippen LogP contribution in [0.15, 0.2) is 29.2 Å². The molecule has 1 aromatic rings.